The SMILES string of the molecule is CN=C(NCCC1CCCN(C(=O)OC(C)(C)C)C1)NC1CCCSC1.I. The summed E-state index contributed by atoms with van der Waals surface area (Å²) < 4.78 is 5.51. The molecule has 2 heterocycles. The van der Waals surface area contributed by atoms with Crippen LogP contribution >= 0.6 is 35.7 Å². The van der Waals surface area contributed by atoms with E-state index >= 15 is 0 Å². The minimum Gasteiger partial charge on any atom is -0.444 e. The Morgan fingerprint density at radius 3 is 2.70 bits per heavy atom. The molecule has 0 saturated carbocycles. The number of nitrogens with zero attached hydrogens (tertiary/aromatic N) is 2. The van der Waals surface area contributed by atoms with E-state index in [1.54, 1.807) is 0 Å². The van der Waals surface area contributed by atoms with Crippen molar-refractivity contribution in [1.29, 1.82) is 0 Å². The first-order valence-electron chi connectivity index (χ1n) is 9.90. The van der Waals surface area contributed by atoms with E-state index in [1.165, 1.54) is 25.0 Å². The van der Waals surface area contributed by atoms with Crippen LogP contribution in [0.1, 0.15) is 52.9 Å². The van der Waals surface area contributed by atoms with Gasteiger partial charge >= 0.3 is 6.09 Å². The third-order valence-electron chi connectivity index (χ3n) is 4.74. The lowest BCUT2D eigenvalue weighted by molar-refractivity contribution is 0.0162. The third-order valence-corrected chi connectivity index (χ3v) is 5.96. The second-order valence-corrected chi connectivity index (χ2v) is 9.43. The Balaban J connectivity index is 0.00000364. The van der Waals surface area contributed by atoms with Crippen molar-refractivity contribution in [1.82, 2.24) is 15.5 Å². The van der Waals surface area contributed by atoms with E-state index in [0.717, 1.165) is 44.2 Å². The van der Waals surface area contributed by atoms with Gasteiger partial charge in [-0.2, -0.15) is 11.8 Å². The minimum absolute atomic E-state index is 0. The molecular formula is C19H37IN4O2S. The first-order valence-corrected chi connectivity index (χ1v) is 11.1. The van der Waals surface area contributed by atoms with Gasteiger partial charge in [0.05, 0.1) is 0 Å². The van der Waals surface area contributed by atoms with E-state index in [1.807, 2.05) is 44.5 Å². The van der Waals surface area contributed by atoms with E-state index < -0.39 is 5.60 Å². The Bertz CT molecular complexity index is 479. The summed E-state index contributed by atoms with van der Waals surface area (Å²) in [4.78, 5) is 18.5. The summed E-state index contributed by atoms with van der Waals surface area (Å²) in [5.74, 6) is 3.86. The maximum absolute atomic E-state index is 12.3. The molecule has 0 aromatic heterocycles. The van der Waals surface area contributed by atoms with E-state index in [-0.39, 0.29) is 30.1 Å². The molecule has 2 fully saturated rings. The van der Waals surface area contributed by atoms with Gasteiger partial charge in [-0.3, -0.25) is 4.99 Å². The van der Waals surface area contributed by atoms with Gasteiger partial charge in [0.15, 0.2) is 5.96 Å². The van der Waals surface area contributed by atoms with Crippen LogP contribution in [0.15, 0.2) is 4.99 Å². The second kappa shape index (κ2) is 12.2. The number of carbonyl (C=O) groups is 1. The van der Waals surface area contributed by atoms with Gasteiger partial charge in [-0.05, 0) is 64.5 Å². The summed E-state index contributed by atoms with van der Waals surface area (Å²) in [6, 6.07) is 0.525. The van der Waals surface area contributed by atoms with Gasteiger partial charge in [0, 0.05) is 38.5 Å². The molecule has 27 heavy (non-hydrogen) atoms. The number of carbonyl (C=O) groups excluding carboxylic acids is 1. The third kappa shape index (κ3) is 9.58. The lowest BCUT2D eigenvalue weighted by Gasteiger charge is -2.34. The van der Waals surface area contributed by atoms with Crippen LogP contribution < -0.4 is 10.6 Å². The molecule has 0 aliphatic carbocycles. The van der Waals surface area contributed by atoms with Crippen LogP contribution in [-0.4, -0.2) is 66.8 Å². The molecule has 1 amide bonds. The van der Waals surface area contributed by atoms with Gasteiger partial charge in [0.1, 0.15) is 5.60 Å². The molecule has 2 unspecified atom stereocenters. The average molecular weight is 513 g/mol. The number of thioether (sulfide) groups is 1. The largest absolute Gasteiger partial charge is 0.444 e. The van der Waals surface area contributed by atoms with Crippen LogP contribution in [-0.2, 0) is 4.74 Å². The molecule has 0 spiro atoms. The Morgan fingerprint density at radius 2 is 2.07 bits per heavy atom. The second-order valence-electron chi connectivity index (χ2n) is 8.28. The van der Waals surface area contributed by atoms with Crippen LogP contribution in [0.4, 0.5) is 4.79 Å². The summed E-state index contributed by atoms with van der Waals surface area (Å²) in [5.41, 5.74) is -0.429. The highest BCUT2D eigenvalue weighted by atomic mass is 127. The molecule has 2 saturated heterocycles. The van der Waals surface area contributed by atoms with E-state index in [0.29, 0.717) is 12.0 Å². The lowest BCUT2D eigenvalue weighted by atomic mass is 9.95. The zero-order valence-electron chi connectivity index (χ0n) is 17.3. The fourth-order valence-electron chi connectivity index (χ4n) is 3.43. The van der Waals surface area contributed by atoms with Gasteiger partial charge in [-0.25, -0.2) is 4.79 Å². The smallest absolute Gasteiger partial charge is 0.410 e. The Morgan fingerprint density at radius 1 is 1.30 bits per heavy atom. The van der Waals surface area contributed by atoms with Crippen molar-refractivity contribution >= 4 is 47.8 Å². The number of guanidine groups is 1. The molecule has 158 valence electrons. The van der Waals surface area contributed by atoms with Gasteiger partial charge in [-0.15, -0.1) is 24.0 Å². The van der Waals surface area contributed by atoms with Crippen molar-refractivity contribution in [3.8, 4) is 0 Å². The number of halogens is 1. The molecule has 2 N–H and O–H groups in total. The van der Waals surface area contributed by atoms with Crippen molar-refractivity contribution in [3.63, 3.8) is 0 Å². The molecule has 0 aromatic rings. The highest BCUT2D eigenvalue weighted by Crippen LogP contribution is 2.21. The predicted octanol–water partition coefficient (Wildman–Crippen LogP) is 3.70. The number of hydrogen-bond acceptors (Lipinski definition) is 4. The standard InChI is InChI=1S/C19H36N4O2S.HI/c1-19(2,3)25-18(24)23-11-5-7-15(13-23)9-10-21-17(20-4)22-16-8-6-12-26-14-16;/h15-16H,5-14H2,1-4H3,(H2,20,21,22);1H. The molecule has 2 atom stereocenters. The van der Waals surface area contributed by atoms with Crippen molar-refractivity contribution in [2.45, 2.75) is 64.5 Å². The molecule has 2 aliphatic heterocycles. The van der Waals surface area contributed by atoms with E-state index in [2.05, 4.69) is 15.6 Å². The fraction of sp³-hybridized carbons (Fsp3) is 0.895. The number of nitrogens with one attached hydrogen (secondary N) is 2. The summed E-state index contributed by atoms with van der Waals surface area (Å²) in [6.07, 6.45) is 5.59. The van der Waals surface area contributed by atoms with Crippen molar-refractivity contribution < 1.29 is 9.53 Å². The van der Waals surface area contributed by atoms with Gasteiger partial charge in [0.25, 0.3) is 0 Å². The molecule has 2 aliphatic rings. The quantitative estimate of drug-likeness (QED) is 0.342. The molecule has 0 bridgehead atoms. The van der Waals surface area contributed by atoms with Gasteiger partial charge < -0.3 is 20.3 Å². The van der Waals surface area contributed by atoms with Crippen molar-refractivity contribution in [2.24, 2.45) is 10.9 Å². The van der Waals surface area contributed by atoms with Crippen LogP contribution in [0, 0.1) is 5.92 Å². The van der Waals surface area contributed by atoms with E-state index in [9.17, 15) is 4.79 Å². The number of ether oxygens (including phenoxy) is 1. The predicted molar refractivity (Wildman–Crippen MR) is 125 cm³/mol. The molecule has 0 radical (unpaired) electrons. The molecule has 0 aromatic carbocycles. The first kappa shape index (κ1) is 24.7. The number of piperidine rings is 1. The van der Waals surface area contributed by atoms with Crippen LogP contribution in [0.3, 0.4) is 0 Å². The summed E-state index contributed by atoms with van der Waals surface area (Å²) in [7, 11) is 1.83. The number of likely N-dealkylation sites (tertiary alicyclic amines) is 1. The maximum Gasteiger partial charge on any atom is 0.410 e. The average Bonchev–Trinajstić information content (AvgIpc) is 2.60. The summed E-state index contributed by atoms with van der Waals surface area (Å²) in [5, 5.41) is 6.97. The van der Waals surface area contributed by atoms with Crippen LogP contribution in [0.2, 0.25) is 0 Å². The highest BCUT2D eigenvalue weighted by molar-refractivity contribution is 14.0. The van der Waals surface area contributed by atoms with Gasteiger partial charge in [-0.1, -0.05) is 0 Å². The minimum atomic E-state index is -0.429. The first-order chi connectivity index (χ1) is 12.4. The van der Waals surface area contributed by atoms with Crippen molar-refractivity contribution in [3.05, 3.63) is 0 Å². The van der Waals surface area contributed by atoms with Crippen LogP contribution in [0.25, 0.3) is 0 Å². The topological polar surface area (TPSA) is 66.0 Å². The summed E-state index contributed by atoms with van der Waals surface area (Å²) >= 11 is 2.01. The molecular weight excluding hydrogens is 475 g/mol. The zero-order chi connectivity index (χ0) is 19.0. The van der Waals surface area contributed by atoms with Crippen molar-refractivity contribution in [2.75, 3.05) is 38.2 Å². The number of rotatable bonds is 4. The normalized spacial score (nSPS) is 24.0. The Labute approximate surface area is 186 Å². The number of amides is 1. The maximum atomic E-state index is 12.3. The lowest BCUT2D eigenvalue weighted by Crippen LogP contribution is -2.46. The molecule has 6 nitrogen and oxygen atoms in total. The zero-order valence-corrected chi connectivity index (χ0v) is 20.4. The molecule has 2 rings (SSSR count). The van der Waals surface area contributed by atoms with E-state index in [4.69, 9.17) is 4.74 Å². The van der Waals surface area contributed by atoms with Gasteiger partial charge in [0.2, 0.25) is 0 Å². The number of hydrogen-bond donors (Lipinski definition) is 2. The Kier molecular flexibility index (Phi) is 11.2. The summed E-state index contributed by atoms with van der Waals surface area (Å²) in [6.45, 7) is 8.23. The monoisotopic (exact) mass is 512 g/mol. The highest BCUT2D eigenvalue weighted by Gasteiger charge is 2.27. The fourth-order valence-corrected chi connectivity index (χ4v) is 4.50. The Hall–Kier alpha value is -0.380. The molecule has 8 heteroatoms. The van der Waals surface area contributed by atoms with Crippen LogP contribution in [0.5, 0.6) is 0 Å². The number of aliphatic imine (C=N–C) groups is 1.